The summed E-state index contributed by atoms with van der Waals surface area (Å²) in [6.45, 7) is 1.08. The van der Waals surface area contributed by atoms with Crippen LogP contribution in [0.2, 0.25) is 0 Å². The second kappa shape index (κ2) is 9.04. The molecule has 0 aliphatic rings. The van der Waals surface area contributed by atoms with Gasteiger partial charge in [0.15, 0.2) is 6.61 Å². The molecule has 2 aromatic carbocycles. The van der Waals surface area contributed by atoms with Gasteiger partial charge in [-0.25, -0.2) is 9.18 Å². The van der Waals surface area contributed by atoms with Gasteiger partial charge in [0.2, 0.25) is 0 Å². The molecule has 0 spiro atoms. The van der Waals surface area contributed by atoms with Crippen molar-refractivity contribution in [1.29, 1.82) is 0 Å². The number of hydrogen-bond donors (Lipinski definition) is 1. The van der Waals surface area contributed by atoms with Crippen LogP contribution in [0.5, 0.6) is 0 Å². The van der Waals surface area contributed by atoms with Crippen molar-refractivity contribution in [2.45, 2.75) is 6.92 Å². The van der Waals surface area contributed by atoms with Gasteiger partial charge in [0.25, 0.3) is 11.6 Å². The first-order valence-electron chi connectivity index (χ1n) is 7.61. The minimum atomic E-state index is -0.833. The molecule has 0 aliphatic heterocycles. The van der Waals surface area contributed by atoms with E-state index < -0.39 is 29.2 Å². The number of carbonyl (C=O) groups excluding carboxylic acids is 2. The Kier molecular flexibility index (Phi) is 6.78. The van der Waals surface area contributed by atoms with Crippen molar-refractivity contribution < 1.29 is 23.6 Å². The molecule has 2 rings (SSSR count). The van der Waals surface area contributed by atoms with E-state index in [9.17, 15) is 24.1 Å². The molecule has 0 unspecified atom stereocenters. The number of non-ortho nitro benzene ring substituents is 1. The van der Waals surface area contributed by atoms with Gasteiger partial charge in [-0.05, 0) is 36.8 Å². The number of nitrogens with one attached hydrogen (secondary N) is 1. The molecule has 0 aliphatic carbocycles. The molecule has 2 aromatic rings. The molecule has 7 nitrogen and oxygen atoms in total. The number of nitro groups is 1. The van der Waals surface area contributed by atoms with Crippen molar-refractivity contribution in [2.75, 3.05) is 11.9 Å². The minimum Gasteiger partial charge on any atom is -0.452 e. The van der Waals surface area contributed by atoms with Crippen LogP contribution in [0.1, 0.15) is 11.1 Å². The monoisotopic (exact) mass is 436 g/mol. The number of nitro benzene ring substituents is 1. The van der Waals surface area contributed by atoms with Gasteiger partial charge in [0, 0.05) is 28.2 Å². The van der Waals surface area contributed by atoms with Gasteiger partial charge in [0.05, 0.1) is 10.6 Å². The van der Waals surface area contributed by atoms with Crippen molar-refractivity contribution in [3.05, 3.63) is 74.0 Å². The number of rotatable bonds is 6. The zero-order chi connectivity index (χ0) is 20.0. The van der Waals surface area contributed by atoms with E-state index in [1.54, 1.807) is 6.92 Å². The zero-order valence-electron chi connectivity index (χ0n) is 14.1. The SMILES string of the molecule is Cc1ccc([N+](=O)[O-])cc1NC(=O)COC(=O)/C=C/c1cc(Br)ccc1F. The highest BCUT2D eigenvalue weighted by Crippen LogP contribution is 2.21. The Morgan fingerprint density at radius 1 is 1.30 bits per heavy atom. The molecule has 1 amide bonds. The molecule has 9 heteroatoms. The van der Waals surface area contributed by atoms with Crippen LogP contribution in [0.25, 0.3) is 6.08 Å². The maximum absolute atomic E-state index is 13.6. The third-order valence-corrected chi connectivity index (χ3v) is 3.90. The number of ether oxygens (including phenoxy) is 1. The fraction of sp³-hybridized carbons (Fsp3) is 0.111. The summed E-state index contributed by atoms with van der Waals surface area (Å²) in [5, 5.41) is 13.2. The second-order valence-corrected chi connectivity index (χ2v) is 6.33. The Morgan fingerprint density at radius 3 is 2.74 bits per heavy atom. The fourth-order valence-electron chi connectivity index (χ4n) is 2.03. The number of carbonyl (C=O) groups is 2. The van der Waals surface area contributed by atoms with Crippen molar-refractivity contribution >= 4 is 45.3 Å². The number of esters is 1. The maximum Gasteiger partial charge on any atom is 0.331 e. The van der Waals surface area contributed by atoms with E-state index in [1.165, 1.54) is 42.5 Å². The van der Waals surface area contributed by atoms with E-state index in [0.717, 1.165) is 6.08 Å². The number of amides is 1. The van der Waals surface area contributed by atoms with Crippen LogP contribution in [-0.2, 0) is 14.3 Å². The predicted molar refractivity (Wildman–Crippen MR) is 101 cm³/mol. The summed E-state index contributed by atoms with van der Waals surface area (Å²) in [5.41, 5.74) is 0.868. The molecule has 0 heterocycles. The van der Waals surface area contributed by atoms with E-state index in [0.29, 0.717) is 10.0 Å². The van der Waals surface area contributed by atoms with Crippen LogP contribution < -0.4 is 5.32 Å². The zero-order valence-corrected chi connectivity index (χ0v) is 15.7. The summed E-state index contributed by atoms with van der Waals surface area (Å²) in [5.74, 6) is -2.00. The first-order valence-corrected chi connectivity index (χ1v) is 8.40. The van der Waals surface area contributed by atoms with Crippen molar-refractivity contribution in [3.63, 3.8) is 0 Å². The third kappa shape index (κ3) is 6.00. The standard InChI is InChI=1S/C18H14BrFN2O5/c1-11-2-5-14(22(25)26)9-16(11)21-17(23)10-27-18(24)7-3-12-8-13(19)4-6-15(12)20/h2-9H,10H2,1H3,(H,21,23)/b7-3+. The molecule has 0 fully saturated rings. The van der Waals surface area contributed by atoms with Crippen molar-refractivity contribution in [1.82, 2.24) is 0 Å². The van der Waals surface area contributed by atoms with Gasteiger partial charge in [-0.2, -0.15) is 0 Å². The average molecular weight is 437 g/mol. The Balaban J connectivity index is 1.92. The summed E-state index contributed by atoms with van der Waals surface area (Å²) in [4.78, 5) is 33.7. The molecule has 0 saturated carbocycles. The number of halogens is 2. The van der Waals surface area contributed by atoms with Crippen LogP contribution in [0.15, 0.2) is 46.9 Å². The third-order valence-electron chi connectivity index (χ3n) is 3.41. The Bertz CT molecular complexity index is 930. The summed E-state index contributed by atoms with van der Waals surface area (Å²) in [6, 6.07) is 8.27. The lowest BCUT2D eigenvalue weighted by atomic mass is 10.2. The van der Waals surface area contributed by atoms with Gasteiger partial charge in [-0.3, -0.25) is 14.9 Å². The summed E-state index contributed by atoms with van der Waals surface area (Å²) < 4.78 is 19.0. The number of nitrogens with zero attached hydrogens (tertiary/aromatic N) is 1. The van der Waals surface area contributed by atoms with Crippen LogP contribution in [0, 0.1) is 22.9 Å². The number of aryl methyl sites for hydroxylation is 1. The molecule has 0 atom stereocenters. The minimum absolute atomic E-state index is 0.174. The highest BCUT2D eigenvalue weighted by Gasteiger charge is 2.12. The first-order chi connectivity index (χ1) is 12.8. The lowest BCUT2D eigenvalue weighted by Crippen LogP contribution is -2.20. The maximum atomic E-state index is 13.6. The van der Waals surface area contributed by atoms with E-state index in [-0.39, 0.29) is 16.9 Å². The number of anilines is 1. The van der Waals surface area contributed by atoms with Crippen molar-refractivity contribution in [2.24, 2.45) is 0 Å². The lowest BCUT2D eigenvalue weighted by Gasteiger charge is -2.08. The summed E-state index contributed by atoms with van der Waals surface area (Å²) >= 11 is 3.19. The van der Waals surface area contributed by atoms with Gasteiger partial charge >= 0.3 is 5.97 Å². The molecule has 27 heavy (non-hydrogen) atoms. The van der Waals surface area contributed by atoms with E-state index in [2.05, 4.69) is 21.2 Å². The highest BCUT2D eigenvalue weighted by atomic mass is 79.9. The predicted octanol–water partition coefficient (Wildman–Crippen LogP) is 4.00. The largest absolute Gasteiger partial charge is 0.452 e. The molecule has 0 radical (unpaired) electrons. The van der Waals surface area contributed by atoms with E-state index in [4.69, 9.17) is 4.74 Å². The molecular formula is C18H14BrFN2O5. The molecule has 0 aromatic heterocycles. The Labute approximate surface area is 162 Å². The Morgan fingerprint density at radius 2 is 2.04 bits per heavy atom. The summed E-state index contributed by atoms with van der Waals surface area (Å²) in [6.07, 6.45) is 2.22. The number of hydrogen-bond acceptors (Lipinski definition) is 5. The smallest absolute Gasteiger partial charge is 0.331 e. The quantitative estimate of drug-likeness (QED) is 0.319. The fourth-order valence-corrected chi connectivity index (χ4v) is 2.41. The van der Waals surface area contributed by atoms with Gasteiger partial charge in [-0.15, -0.1) is 0 Å². The van der Waals surface area contributed by atoms with E-state index in [1.807, 2.05) is 0 Å². The second-order valence-electron chi connectivity index (χ2n) is 5.41. The Hall–Kier alpha value is -3.07. The van der Waals surface area contributed by atoms with Crippen LogP contribution >= 0.6 is 15.9 Å². The molecular weight excluding hydrogens is 423 g/mol. The topological polar surface area (TPSA) is 98.5 Å². The normalized spacial score (nSPS) is 10.6. The van der Waals surface area contributed by atoms with E-state index >= 15 is 0 Å². The summed E-state index contributed by atoms with van der Waals surface area (Å²) in [7, 11) is 0. The van der Waals surface area contributed by atoms with Gasteiger partial charge < -0.3 is 10.1 Å². The van der Waals surface area contributed by atoms with Crippen LogP contribution in [0.3, 0.4) is 0 Å². The van der Waals surface area contributed by atoms with Crippen LogP contribution in [-0.4, -0.2) is 23.4 Å². The lowest BCUT2D eigenvalue weighted by molar-refractivity contribution is -0.384. The molecule has 0 saturated heterocycles. The molecule has 1 N–H and O–H groups in total. The van der Waals surface area contributed by atoms with Gasteiger partial charge in [-0.1, -0.05) is 22.0 Å². The number of benzene rings is 2. The average Bonchev–Trinajstić information content (AvgIpc) is 2.62. The molecule has 0 bridgehead atoms. The van der Waals surface area contributed by atoms with Crippen molar-refractivity contribution in [3.8, 4) is 0 Å². The van der Waals surface area contributed by atoms with Crippen LogP contribution in [0.4, 0.5) is 15.8 Å². The first kappa shape index (κ1) is 20.2. The van der Waals surface area contributed by atoms with Gasteiger partial charge in [0.1, 0.15) is 5.82 Å². The highest BCUT2D eigenvalue weighted by molar-refractivity contribution is 9.10. The molecule has 140 valence electrons.